The number of pyridine rings is 1. The highest BCUT2D eigenvalue weighted by atomic mass is 35.5. The molecule has 1 heterocycles. The molecule has 0 radical (unpaired) electrons. The zero-order valence-electron chi connectivity index (χ0n) is 10.3. The van der Waals surface area contributed by atoms with Gasteiger partial charge < -0.3 is 16.2 Å². The number of hydrogen-bond donors (Lipinski definition) is 3. The monoisotopic (exact) mass is 293 g/mol. The van der Waals surface area contributed by atoms with Crippen LogP contribution in [0, 0.1) is 0 Å². The number of amides is 1. The molecular formula is C13H12ClN3O3. The maximum atomic E-state index is 11.1. The molecule has 1 atom stereocenters. The van der Waals surface area contributed by atoms with Crippen LogP contribution >= 0.6 is 11.6 Å². The normalized spacial score (nSPS) is 12.1. The van der Waals surface area contributed by atoms with Crippen molar-refractivity contribution in [3.63, 3.8) is 0 Å². The largest absolute Gasteiger partial charge is 0.480 e. The number of anilines is 1. The summed E-state index contributed by atoms with van der Waals surface area (Å²) in [7, 11) is 0. The quantitative estimate of drug-likeness (QED) is 0.727. The molecule has 1 unspecified atom stereocenters. The Morgan fingerprint density at radius 2 is 2.10 bits per heavy atom. The van der Waals surface area contributed by atoms with Crippen LogP contribution in [0.15, 0.2) is 30.3 Å². The average Bonchev–Trinajstić information content (AvgIpc) is 2.37. The minimum absolute atomic E-state index is 0.231. The summed E-state index contributed by atoms with van der Waals surface area (Å²) in [6, 6.07) is 7.77. The Morgan fingerprint density at radius 1 is 1.40 bits per heavy atom. The van der Waals surface area contributed by atoms with Crippen molar-refractivity contribution in [2.45, 2.75) is 12.5 Å². The smallest absolute Gasteiger partial charge is 0.326 e. The highest BCUT2D eigenvalue weighted by Gasteiger charge is 2.21. The van der Waals surface area contributed by atoms with Crippen molar-refractivity contribution in [1.82, 2.24) is 4.98 Å². The van der Waals surface area contributed by atoms with Crippen molar-refractivity contribution in [3.05, 3.63) is 35.5 Å². The second kappa shape index (κ2) is 5.75. The first-order chi connectivity index (χ1) is 9.47. The standard InChI is InChI=1S/C13H12ClN3O3/c14-10-5-7-3-1-2-4-8(7)12(17-10)16-9(13(19)20)6-11(15)18/h1-5,9H,6H2,(H2,15,18)(H,16,17)(H,19,20). The van der Waals surface area contributed by atoms with Gasteiger partial charge in [-0.3, -0.25) is 4.79 Å². The number of nitrogens with two attached hydrogens (primary N) is 1. The summed E-state index contributed by atoms with van der Waals surface area (Å²) in [5, 5.41) is 13.6. The Morgan fingerprint density at radius 3 is 2.75 bits per heavy atom. The van der Waals surface area contributed by atoms with Crippen molar-refractivity contribution < 1.29 is 14.7 Å². The lowest BCUT2D eigenvalue weighted by molar-refractivity contribution is -0.139. The van der Waals surface area contributed by atoms with Gasteiger partial charge in [-0.05, 0) is 11.5 Å². The average molecular weight is 294 g/mol. The van der Waals surface area contributed by atoms with Crippen molar-refractivity contribution in [2.24, 2.45) is 5.73 Å². The van der Waals surface area contributed by atoms with Gasteiger partial charge in [0.2, 0.25) is 5.91 Å². The van der Waals surface area contributed by atoms with Crippen LogP contribution in [0.25, 0.3) is 10.8 Å². The molecule has 0 spiro atoms. The Hall–Kier alpha value is -2.34. The number of carboxylic acid groups (broad SMARTS) is 1. The number of halogens is 1. The van der Waals surface area contributed by atoms with Crippen LogP contribution in [0.4, 0.5) is 5.82 Å². The maximum Gasteiger partial charge on any atom is 0.326 e. The third-order valence-electron chi connectivity index (χ3n) is 2.72. The zero-order valence-corrected chi connectivity index (χ0v) is 11.1. The van der Waals surface area contributed by atoms with E-state index in [9.17, 15) is 9.59 Å². The summed E-state index contributed by atoms with van der Waals surface area (Å²) in [6.45, 7) is 0. The second-order valence-electron chi connectivity index (χ2n) is 4.22. The van der Waals surface area contributed by atoms with Gasteiger partial charge in [0.25, 0.3) is 0 Å². The number of carboxylic acids is 1. The van der Waals surface area contributed by atoms with Crippen LogP contribution in [0.3, 0.4) is 0 Å². The number of aliphatic carboxylic acids is 1. The fourth-order valence-electron chi connectivity index (χ4n) is 1.84. The van der Waals surface area contributed by atoms with E-state index in [4.69, 9.17) is 22.4 Å². The van der Waals surface area contributed by atoms with Crippen LogP contribution in [-0.4, -0.2) is 28.0 Å². The van der Waals surface area contributed by atoms with Crippen molar-refractivity contribution in [2.75, 3.05) is 5.32 Å². The number of hydrogen-bond acceptors (Lipinski definition) is 4. The topological polar surface area (TPSA) is 105 Å². The molecule has 0 bridgehead atoms. The molecule has 0 saturated heterocycles. The summed E-state index contributed by atoms with van der Waals surface area (Å²) in [5.74, 6) is -1.59. The Labute approximate surface area is 119 Å². The molecule has 0 saturated carbocycles. The molecule has 0 aliphatic heterocycles. The lowest BCUT2D eigenvalue weighted by Crippen LogP contribution is -2.34. The Balaban J connectivity index is 2.41. The van der Waals surface area contributed by atoms with Crippen LogP contribution in [0.5, 0.6) is 0 Å². The molecule has 1 aromatic carbocycles. The van der Waals surface area contributed by atoms with E-state index in [0.29, 0.717) is 11.2 Å². The molecule has 0 aliphatic carbocycles. The van der Waals surface area contributed by atoms with Gasteiger partial charge in [-0.25, -0.2) is 9.78 Å². The number of primary amides is 1. The highest BCUT2D eigenvalue weighted by molar-refractivity contribution is 6.30. The molecule has 7 heteroatoms. The molecule has 1 amide bonds. The highest BCUT2D eigenvalue weighted by Crippen LogP contribution is 2.25. The van der Waals surface area contributed by atoms with E-state index in [1.165, 1.54) is 0 Å². The Bertz CT molecular complexity index is 675. The van der Waals surface area contributed by atoms with Gasteiger partial charge in [0.05, 0.1) is 6.42 Å². The van der Waals surface area contributed by atoms with Gasteiger partial charge in [-0.15, -0.1) is 0 Å². The first-order valence-electron chi connectivity index (χ1n) is 5.80. The minimum atomic E-state index is -1.19. The van der Waals surface area contributed by atoms with E-state index >= 15 is 0 Å². The third kappa shape index (κ3) is 3.16. The van der Waals surface area contributed by atoms with Gasteiger partial charge >= 0.3 is 5.97 Å². The lowest BCUT2D eigenvalue weighted by Gasteiger charge is -2.15. The predicted molar refractivity (Wildman–Crippen MR) is 75.6 cm³/mol. The number of aromatic nitrogens is 1. The lowest BCUT2D eigenvalue weighted by atomic mass is 10.1. The van der Waals surface area contributed by atoms with Crippen LogP contribution in [-0.2, 0) is 9.59 Å². The number of carbonyl (C=O) groups excluding carboxylic acids is 1. The van der Waals surface area contributed by atoms with E-state index in [0.717, 1.165) is 5.39 Å². The van der Waals surface area contributed by atoms with Crippen LogP contribution in [0.2, 0.25) is 5.15 Å². The summed E-state index contributed by atoms with van der Waals surface area (Å²) in [6.07, 6.45) is -0.335. The van der Waals surface area contributed by atoms with Crippen molar-refractivity contribution >= 4 is 40.1 Å². The number of benzene rings is 1. The molecule has 0 fully saturated rings. The number of carbonyl (C=O) groups is 2. The number of rotatable bonds is 5. The molecule has 104 valence electrons. The van der Waals surface area contributed by atoms with E-state index in [2.05, 4.69) is 10.3 Å². The van der Waals surface area contributed by atoms with E-state index in [1.54, 1.807) is 18.2 Å². The Kier molecular flexibility index (Phi) is 4.05. The van der Waals surface area contributed by atoms with Crippen LogP contribution in [0.1, 0.15) is 6.42 Å². The van der Waals surface area contributed by atoms with Gasteiger partial charge in [0, 0.05) is 5.39 Å². The summed E-state index contributed by atoms with van der Waals surface area (Å²) in [4.78, 5) is 26.1. The summed E-state index contributed by atoms with van der Waals surface area (Å²) < 4.78 is 0. The minimum Gasteiger partial charge on any atom is -0.480 e. The van der Waals surface area contributed by atoms with Crippen LogP contribution < -0.4 is 11.1 Å². The fourth-order valence-corrected chi connectivity index (χ4v) is 2.04. The second-order valence-corrected chi connectivity index (χ2v) is 4.61. The third-order valence-corrected chi connectivity index (χ3v) is 2.92. The SMILES string of the molecule is NC(=O)CC(Nc1nc(Cl)cc2ccccc12)C(=O)O. The predicted octanol–water partition coefficient (Wildman–Crippen LogP) is 1.63. The zero-order chi connectivity index (χ0) is 14.7. The molecule has 2 rings (SSSR count). The van der Waals surface area contributed by atoms with Gasteiger partial charge in [0.1, 0.15) is 17.0 Å². The van der Waals surface area contributed by atoms with E-state index in [1.807, 2.05) is 12.1 Å². The summed E-state index contributed by atoms with van der Waals surface area (Å²) in [5.41, 5.74) is 5.04. The molecule has 0 aliphatic rings. The van der Waals surface area contributed by atoms with E-state index < -0.39 is 17.9 Å². The van der Waals surface area contributed by atoms with Crippen molar-refractivity contribution in [1.29, 1.82) is 0 Å². The fraction of sp³-hybridized carbons (Fsp3) is 0.154. The molecule has 4 N–H and O–H groups in total. The molecule has 2 aromatic rings. The number of fused-ring (bicyclic) bond motifs is 1. The summed E-state index contributed by atoms with van der Waals surface area (Å²) >= 11 is 5.90. The van der Waals surface area contributed by atoms with Gasteiger partial charge in [-0.2, -0.15) is 0 Å². The molecular weight excluding hydrogens is 282 g/mol. The molecule has 6 nitrogen and oxygen atoms in total. The van der Waals surface area contributed by atoms with Gasteiger partial charge in [-0.1, -0.05) is 35.9 Å². The van der Waals surface area contributed by atoms with E-state index in [-0.39, 0.29) is 11.6 Å². The number of nitrogens with one attached hydrogen (secondary N) is 1. The number of nitrogens with zero attached hydrogens (tertiary/aromatic N) is 1. The molecule has 20 heavy (non-hydrogen) atoms. The maximum absolute atomic E-state index is 11.1. The molecule has 1 aromatic heterocycles. The van der Waals surface area contributed by atoms with Gasteiger partial charge in [0.15, 0.2) is 0 Å². The first kappa shape index (κ1) is 14.1. The van der Waals surface area contributed by atoms with Crippen molar-refractivity contribution in [3.8, 4) is 0 Å². The first-order valence-corrected chi connectivity index (χ1v) is 6.18.